The highest BCUT2D eigenvalue weighted by molar-refractivity contribution is 9.10. The molecule has 0 saturated carbocycles. The van der Waals surface area contributed by atoms with E-state index in [1.54, 1.807) is 18.2 Å². The maximum absolute atomic E-state index is 11.8. The number of nitrogens with two attached hydrogens (primary N) is 1. The molecule has 0 aliphatic rings. The maximum Gasteiger partial charge on any atom is 0.262 e. The monoisotopic (exact) mass is 334 g/mol. The van der Waals surface area contributed by atoms with E-state index in [1.807, 2.05) is 31.2 Å². The molecule has 4 nitrogen and oxygen atoms in total. The van der Waals surface area contributed by atoms with Crippen LogP contribution < -0.4 is 15.8 Å². The Bertz CT molecular complexity index is 612. The zero-order valence-corrected chi connectivity index (χ0v) is 12.6. The summed E-state index contributed by atoms with van der Waals surface area (Å²) in [7, 11) is 0. The van der Waals surface area contributed by atoms with Gasteiger partial charge in [-0.3, -0.25) is 4.79 Å². The molecule has 0 atom stereocenters. The number of nitrogens with one attached hydrogen (secondary N) is 1. The van der Waals surface area contributed by atoms with Gasteiger partial charge in [-0.2, -0.15) is 0 Å². The molecular weight excluding hydrogens is 320 g/mol. The summed E-state index contributed by atoms with van der Waals surface area (Å²) >= 11 is 3.33. The number of nitrogen functional groups attached to an aromatic ring is 1. The van der Waals surface area contributed by atoms with Gasteiger partial charge in [0.15, 0.2) is 6.61 Å². The van der Waals surface area contributed by atoms with Crippen LogP contribution in [0, 0.1) is 6.92 Å². The highest BCUT2D eigenvalue weighted by atomic mass is 79.9. The number of ether oxygens (including phenoxy) is 1. The fourth-order valence-electron chi connectivity index (χ4n) is 1.66. The number of carbonyl (C=O) groups excluding carboxylic acids is 1. The summed E-state index contributed by atoms with van der Waals surface area (Å²) in [6, 6.07) is 12.8. The van der Waals surface area contributed by atoms with Gasteiger partial charge < -0.3 is 15.8 Å². The fraction of sp³-hybridized carbons (Fsp3) is 0.133. The highest BCUT2D eigenvalue weighted by Gasteiger charge is 2.06. The van der Waals surface area contributed by atoms with Crippen LogP contribution in [0.1, 0.15) is 5.56 Å². The lowest BCUT2D eigenvalue weighted by molar-refractivity contribution is -0.118. The Kier molecular flexibility index (Phi) is 4.63. The number of carbonyl (C=O) groups is 1. The Morgan fingerprint density at radius 3 is 2.60 bits per heavy atom. The fourth-order valence-corrected chi connectivity index (χ4v) is 1.93. The molecule has 0 aliphatic heterocycles. The number of anilines is 2. The van der Waals surface area contributed by atoms with Crippen molar-refractivity contribution >= 4 is 33.2 Å². The summed E-state index contributed by atoms with van der Waals surface area (Å²) in [4.78, 5) is 11.8. The quantitative estimate of drug-likeness (QED) is 0.842. The molecule has 2 aromatic rings. The minimum Gasteiger partial charge on any atom is -0.484 e. The summed E-state index contributed by atoms with van der Waals surface area (Å²) < 4.78 is 6.34. The van der Waals surface area contributed by atoms with Crippen LogP contribution in [0.2, 0.25) is 0 Å². The summed E-state index contributed by atoms with van der Waals surface area (Å²) in [6.45, 7) is 1.88. The molecule has 0 fully saturated rings. The van der Waals surface area contributed by atoms with E-state index in [2.05, 4.69) is 21.2 Å². The van der Waals surface area contributed by atoms with Gasteiger partial charge in [-0.05, 0) is 48.9 Å². The molecule has 20 heavy (non-hydrogen) atoms. The number of hydrogen-bond donors (Lipinski definition) is 2. The van der Waals surface area contributed by atoms with Crippen LogP contribution in [0.5, 0.6) is 5.75 Å². The van der Waals surface area contributed by atoms with Crippen molar-refractivity contribution in [3.63, 3.8) is 0 Å². The average molecular weight is 335 g/mol. The van der Waals surface area contributed by atoms with Gasteiger partial charge >= 0.3 is 0 Å². The molecule has 0 radical (unpaired) electrons. The van der Waals surface area contributed by atoms with Gasteiger partial charge in [0.1, 0.15) is 5.75 Å². The van der Waals surface area contributed by atoms with Crippen LogP contribution in [-0.4, -0.2) is 12.5 Å². The molecule has 0 heterocycles. The normalized spacial score (nSPS) is 10.1. The second kappa shape index (κ2) is 6.43. The van der Waals surface area contributed by atoms with Crippen LogP contribution in [0.3, 0.4) is 0 Å². The van der Waals surface area contributed by atoms with E-state index < -0.39 is 0 Å². The number of halogens is 1. The van der Waals surface area contributed by atoms with E-state index in [4.69, 9.17) is 10.5 Å². The molecule has 0 aliphatic carbocycles. The third-order valence-electron chi connectivity index (χ3n) is 2.66. The van der Waals surface area contributed by atoms with Crippen molar-refractivity contribution in [2.75, 3.05) is 17.7 Å². The second-order valence-electron chi connectivity index (χ2n) is 4.38. The Morgan fingerprint density at radius 2 is 1.95 bits per heavy atom. The van der Waals surface area contributed by atoms with Gasteiger partial charge in [-0.15, -0.1) is 0 Å². The molecule has 2 rings (SSSR count). The number of benzene rings is 2. The van der Waals surface area contributed by atoms with Crippen molar-refractivity contribution in [1.82, 2.24) is 0 Å². The van der Waals surface area contributed by atoms with Crippen LogP contribution in [0.25, 0.3) is 0 Å². The van der Waals surface area contributed by atoms with Crippen molar-refractivity contribution in [3.05, 3.63) is 52.5 Å². The highest BCUT2D eigenvalue weighted by Crippen LogP contribution is 2.19. The van der Waals surface area contributed by atoms with Crippen LogP contribution in [0.15, 0.2) is 46.9 Å². The van der Waals surface area contributed by atoms with E-state index >= 15 is 0 Å². The lowest BCUT2D eigenvalue weighted by Crippen LogP contribution is -2.20. The standard InChI is InChI=1S/C15H15BrN2O2/c1-10-2-7-14(13(17)8-10)18-15(19)9-20-12-5-3-11(16)4-6-12/h2-8H,9,17H2,1H3,(H,18,19). The first-order valence-corrected chi connectivity index (χ1v) is 6.88. The largest absolute Gasteiger partial charge is 0.484 e. The van der Waals surface area contributed by atoms with Crippen molar-refractivity contribution in [2.45, 2.75) is 6.92 Å². The van der Waals surface area contributed by atoms with Gasteiger partial charge in [0.2, 0.25) is 0 Å². The summed E-state index contributed by atoms with van der Waals surface area (Å²) in [5.74, 6) is 0.392. The number of amides is 1. The third-order valence-corrected chi connectivity index (χ3v) is 3.19. The van der Waals surface area contributed by atoms with Crippen molar-refractivity contribution in [2.24, 2.45) is 0 Å². The Hall–Kier alpha value is -2.01. The Labute approximate surface area is 126 Å². The molecule has 0 aromatic heterocycles. The molecule has 2 aromatic carbocycles. The van der Waals surface area contributed by atoms with Gasteiger partial charge in [-0.1, -0.05) is 22.0 Å². The summed E-state index contributed by atoms with van der Waals surface area (Å²) in [5, 5.41) is 2.72. The molecular formula is C15H15BrN2O2. The van der Waals surface area contributed by atoms with Crippen LogP contribution in [0.4, 0.5) is 11.4 Å². The van der Waals surface area contributed by atoms with E-state index in [1.165, 1.54) is 0 Å². The lowest BCUT2D eigenvalue weighted by atomic mass is 10.2. The van der Waals surface area contributed by atoms with Crippen LogP contribution >= 0.6 is 15.9 Å². The molecule has 0 bridgehead atoms. The average Bonchev–Trinajstić information content (AvgIpc) is 2.41. The summed E-state index contributed by atoms with van der Waals surface area (Å²) in [6.07, 6.45) is 0. The van der Waals surface area contributed by atoms with E-state index in [0.29, 0.717) is 17.1 Å². The number of aryl methyl sites for hydroxylation is 1. The van der Waals surface area contributed by atoms with Crippen LogP contribution in [-0.2, 0) is 4.79 Å². The van der Waals surface area contributed by atoms with Gasteiger partial charge in [0, 0.05) is 4.47 Å². The van der Waals surface area contributed by atoms with Gasteiger partial charge in [-0.25, -0.2) is 0 Å². The molecule has 1 amide bonds. The maximum atomic E-state index is 11.8. The first-order valence-electron chi connectivity index (χ1n) is 6.09. The molecule has 0 spiro atoms. The second-order valence-corrected chi connectivity index (χ2v) is 5.30. The summed E-state index contributed by atoms with van der Waals surface area (Å²) in [5.41, 5.74) is 8.02. The smallest absolute Gasteiger partial charge is 0.262 e. The number of rotatable bonds is 4. The number of hydrogen-bond acceptors (Lipinski definition) is 3. The first-order chi connectivity index (χ1) is 9.54. The Balaban J connectivity index is 1.90. The van der Waals surface area contributed by atoms with E-state index in [9.17, 15) is 4.79 Å². The van der Waals surface area contributed by atoms with E-state index in [-0.39, 0.29) is 12.5 Å². The molecule has 5 heteroatoms. The van der Waals surface area contributed by atoms with Crippen molar-refractivity contribution in [1.29, 1.82) is 0 Å². The predicted molar refractivity (Wildman–Crippen MR) is 83.9 cm³/mol. The van der Waals surface area contributed by atoms with Gasteiger partial charge in [0.05, 0.1) is 11.4 Å². The van der Waals surface area contributed by atoms with Gasteiger partial charge in [0.25, 0.3) is 5.91 Å². The minimum absolute atomic E-state index is 0.0606. The first kappa shape index (κ1) is 14.4. The minimum atomic E-state index is -0.247. The van der Waals surface area contributed by atoms with Crippen molar-refractivity contribution < 1.29 is 9.53 Å². The Morgan fingerprint density at radius 1 is 1.25 bits per heavy atom. The molecule has 3 N–H and O–H groups in total. The zero-order chi connectivity index (χ0) is 14.5. The topological polar surface area (TPSA) is 64.3 Å². The van der Waals surface area contributed by atoms with E-state index in [0.717, 1.165) is 10.0 Å². The SMILES string of the molecule is Cc1ccc(NC(=O)COc2ccc(Br)cc2)c(N)c1. The zero-order valence-electron chi connectivity index (χ0n) is 11.0. The molecule has 0 unspecified atom stereocenters. The predicted octanol–water partition coefficient (Wildman–Crippen LogP) is 3.36. The molecule has 104 valence electrons. The lowest BCUT2D eigenvalue weighted by Gasteiger charge is -2.10. The third kappa shape index (κ3) is 3.99. The molecule has 0 saturated heterocycles. The van der Waals surface area contributed by atoms with Crippen molar-refractivity contribution in [3.8, 4) is 5.75 Å².